The van der Waals surface area contributed by atoms with Crippen molar-refractivity contribution in [1.82, 2.24) is 10.6 Å². The minimum atomic E-state index is -0.561. The van der Waals surface area contributed by atoms with Gasteiger partial charge < -0.3 is 10.6 Å². The Morgan fingerprint density at radius 3 is 2.89 bits per heavy atom. The molecule has 0 radical (unpaired) electrons. The predicted octanol–water partition coefficient (Wildman–Crippen LogP) is 0.615. The van der Waals surface area contributed by atoms with Gasteiger partial charge in [-0.25, -0.2) is 4.39 Å². The Kier molecular flexibility index (Phi) is 3.93. The molecule has 1 aliphatic heterocycles. The maximum atomic E-state index is 13.5. The summed E-state index contributed by atoms with van der Waals surface area (Å²) in [6.45, 7) is 0.271. The second kappa shape index (κ2) is 5.45. The van der Waals surface area contributed by atoms with Crippen LogP contribution in [-0.2, 0) is 9.59 Å². The van der Waals surface area contributed by atoms with Crippen LogP contribution in [-0.4, -0.2) is 30.9 Å². The number of nitrogens with one attached hydrogen (secondary N) is 3. The normalized spacial score (nSPS) is 19.2. The van der Waals surface area contributed by atoms with Gasteiger partial charge in [-0.2, -0.15) is 0 Å². The van der Waals surface area contributed by atoms with E-state index in [9.17, 15) is 14.0 Å². The van der Waals surface area contributed by atoms with E-state index in [1.54, 1.807) is 6.07 Å². The van der Waals surface area contributed by atoms with Crippen molar-refractivity contribution in [1.29, 1.82) is 0 Å². The van der Waals surface area contributed by atoms with Gasteiger partial charge in [0.2, 0.25) is 11.8 Å². The van der Waals surface area contributed by atoms with Gasteiger partial charge in [-0.3, -0.25) is 14.9 Å². The number of anilines is 1. The van der Waals surface area contributed by atoms with Crippen LogP contribution in [0, 0.1) is 5.82 Å². The second-order valence-electron chi connectivity index (χ2n) is 3.82. The highest BCUT2D eigenvalue weighted by Gasteiger charge is 2.24. The Balaban J connectivity index is 2.05. The lowest BCUT2D eigenvalue weighted by molar-refractivity contribution is -0.124. The van der Waals surface area contributed by atoms with E-state index >= 15 is 0 Å². The first-order valence-electron chi connectivity index (χ1n) is 5.33. The molecule has 18 heavy (non-hydrogen) atoms. The van der Waals surface area contributed by atoms with E-state index in [-0.39, 0.29) is 30.6 Å². The van der Waals surface area contributed by atoms with E-state index < -0.39 is 11.9 Å². The van der Waals surface area contributed by atoms with Crippen molar-refractivity contribution in [2.24, 2.45) is 0 Å². The third-order valence-electron chi connectivity index (χ3n) is 2.54. The number of piperazine rings is 1. The molecule has 2 amide bonds. The zero-order chi connectivity index (χ0) is 13.1. The Hall–Kier alpha value is -1.47. The smallest absolute Gasteiger partial charge is 0.243 e. The molecule has 0 aliphatic carbocycles. The summed E-state index contributed by atoms with van der Waals surface area (Å²) in [5, 5.41) is 7.81. The molecule has 0 spiro atoms. The first kappa shape index (κ1) is 13.0. The van der Waals surface area contributed by atoms with E-state index in [0.717, 1.165) is 0 Å². The summed E-state index contributed by atoms with van der Waals surface area (Å²) in [6, 6.07) is 3.87. The van der Waals surface area contributed by atoms with Crippen molar-refractivity contribution >= 4 is 33.4 Å². The summed E-state index contributed by atoms with van der Waals surface area (Å²) in [7, 11) is 0. The third kappa shape index (κ3) is 2.85. The number of amides is 2. The molecule has 7 heteroatoms. The Bertz CT molecular complexity index is 465. The Morgan fingerprint density at radius 1 is 1.50 bits per heavy atom. The summed E-state index contributed by atoms with van der Waals surface area (Å²) in [6.07, 6.45) is 0. The van der Waals surface area contributed by atoms with Crippen molar-refractivity contribution in [3.63, 3.8) is 0 Å². The third-order valence-corrected chi connectivity index (χ3v) is 3.20. The number of carbonyl (C=O) groups is 2. The van der Waals surface area contributed by atoms with Crippen LogP contribution in [0.15, 0.2) is 22.7 Å². The molecule has 1 unspecified atom stereocenters. The number of hydrogen-bond donors (Lipinski definition) is 3. The number of para-hydroxylation sites is 1. The van der Waals surface area contributed by atoms with Gasteiger partial charge in [-0.1, -0.05) is 6.07 Å². The SMILES string of the molecule is O=C1CNC(C(=O)Nc2c(F)cccc2Br)CN1. The standard InChI is InChI=1S/C11H11BrFN3O2/c12-6-2-1-3-7(13)10(6)16-11(18)8-4-15-9(17)5-14-8/h1-3,8,14H,4-5H2,(H,15,17)(H,16,18). The van der Waals surface area contributed by atoms with E-state index in [2.05, 4.69) is 31.9 Å². The topological polar surface area (TPSA) is 70.2 Å². The van der Waals surface area contributed by atoms with Crippen LogP contribution >= 0.6 is 15.9 Å². The van der Waals surface area contributed by atoms with Crippen molar-refractivity contribution in [3.05, 3.63) is 28.5 Å². The minimum Gasteiger partial charge on any atom is -0.353 e. The van der Waals surface area contributed by atoms with Crippen molar-refractivity contribution in [3.8, 4) is 0 Å². The minimum absolute atomic E-state index is 0.0799. The molecule has 1 aromatic rings. The lowest BCUT2D eigenvalue weighted by Crippen LogP contribution is -2.56. The first-order valence-corrected chi connectivity index (χ1v) is 6.12. The largest absolute Gasteiger partial charge is 0.353 e. The summed E-state index contributed by atoms with van der Waals surface area (Å²) in [4.78, 5) is 22.8. The summed E-state index contributed by atoms with van der Waals surface area (Å²) >= 11 is 3.16. The van der Waals surface area contributed by atoms with Crippen LogP contribution in [0.5, 0.6) is 0 Å². The van der Waals surface area contributed by atoms with Crippen LogP contribution in [0.25, 0.3) is 0 Å². The average Bonchev–Trinajstić information content (AvgIpc) is 2.34. The molecular weight excluding hydrogens is 305 g/mol. The Labute approximate surface area is 111 Å². The van der Waals surface area contributed by atoms with Gasteiger partial charge in [0.25, 0.3) is 0 Å². The fraction of sp³-hybridized carbons (Fsp3) is 0.273. The molecule has 1 saturated heterocycles. The zero-order valence-electron chi connectivity index (χ0n) is 9.30. The molecule has 5 nitrogen and oxygen atoms in total. The van der Waals surface area contributed by atoms with E-state index in [0.29, 0.717) is 4.47 Å². The molecule has 0 saturated carbocycles. The van der Waals surface area contributed by atoms with Crippen LogP contribution in [0.2, 0.25) is 0 Å². The monoisotopic (exact) mass is 315 g/mol. The van der Waals surface area contributed by atoms with Gasteiger partial charge in [0.15, 0.2) is 0 Å². The highest BCUT2D eigenvalue weighted by Crippen LogP contribution is 2.25. The van der Waals surface area contributed by atoms with E-state index in [1.165, 1.54) is 12.1 Å². The molecule has 3 N–H and O–H groups in total. The quantitative estimate of drug-likeness (QED) is 0.749. The molecule has 1 heterocycles. The molecule has 96 valence electrons. The number of hydrogen-bond acceptors (Lipinski definition) is 3. The summed E-state index contributed by atoms with van der Waals surface area (Å²) in [5.74, 6) is -1.07. The fourth-order valence-electron chi connectivity index (χ4n) is 1.58. The van der Waals surface area contributed by atoms with Gasteiger partial charge in [0, 0.05) is 11.0 Å². The highest BCUT2D eigenvalue weighted by molar-refractivity contribution is 9.10. The zero-order valence-corrected chi connectivity index (χ0v) is 10.9. The average molecular weight is 316 g/mol. The molecule has 2 rings (SSSR count). The molecule has 1 aliphatic rings. The predicted molar refractivity (Wildman–Crippen MR) is 67.5 cm³/mol. The Morgan fingerprint density at radius 2 is 2.28 bits per heavy atom. The van der Waals surface area contributed by atoms with Crippen molar-refractivity contribution in [2.75, 3.05) is 18.4 Å². The van der Waals surface area contributed by atoms with E-state index in [4.69, 9.17) is 0 Å². The maximum Gasteiger partial charge on any atom is 0.243 e. The van der Waals surface area contributed by atoms with Gasteiger partial charge in [-0.15, -0.1) is 0 Å². The molecule has 1 aromatic carbocycles. The molecule has 1 atom stereocenters. The van der Waals surface area contributed by atoms with Crippen LogP contribution in [0.4, 0.5) is 10.1 Å². The first-order chi connectivity index (χ1) is 8.58. The van der Waals surface area contributed by atoms with Gasteiger partial charge in [0.05, 0.1) is 12.2 Å². The fourth-order valence-corrected chi connectivity index (χ4v) is 2.02. The van der Waals surface area contributed by atoms with Crippen LogP contribution in [0.1, 0.15) is 0 Å². The van der Waals surface area contributed by atoms with E-state index in [1.807, 2.05) is 0 Å². The molecule has 0 aromatic heterocycles. The van der Waals surface area contributed by atoms with Crippen LogP contribution < -0.4 is 16.0 Å². The van der Waals surface area contributed by atoms with Gasteiger partial charge >= 0.3 is 0 Å². The number of halogens is 2. The summed E-state index contributed by atoms with van der Waals surface area (Å²) < 4.78 is 14.0. The van der Waals surface area contributed by atoms with Crippen LogP contribution in [0.3, 0.4) is 0 Å². The lowest BCUT2D eigenvalue weighted by Gasteiger charge is -2.23. The second-order valence-corrected chi connectivity index (χ2v) is 4.68. The lowest BCUT2D eigenvalue weighted by atomic mass is 10.2. The molecule has 1 fully saturated rings. The number of benzene rings is 1. The number of carbonyl (C=O) groups excluding carboxylic acids is 2. The molecule has 0 bridgehead atoms. The highest BCUT2D eigenvalue weighted by atomic mass is 79.9. The van der Waals surface area contributed by atoms with Crippen molar-refractivity contribution < 1.29 is 14.0 Å². The molecular formula is C11H11BrFN3O2. The number of rotatable bonds is 2. The van der Waals surface area contributed by atoms with Crippen molar-refractivity contribution in [2.45, 2.75) is 6.04 Å². The van der Waals surface area contributed by atoms with Gasteiger partial charge in [-0.05, 0) is 28.1 Å². The summed E-state index contributed by atoms with van der Waals surface area (Å²) in [5.41, 5.74) is 0.0983. The maximum absolute atomic E-state index is 13.5. The van der Waals surface area contributed by atoms with Gasteiger partial charge in [0.1, 0.15) is 11.9 Å².